The normalized spacial score (nSPS) is 14.4. The molecule has 1 saturated carbocycles. The van der Waals surface area contributed by atoms with Crippen molar-refractivity contribution < 1.29 is 9.47 Å². The first kappa shape index (κ1) is 21.3. The molecule has 0 atom stereocenters. The van der Waals surface area contributed by atoms with E-state index >= 15 is 0 Å². The van der Waals surface area contributed by atoms with Crippen LogP contribution in [0.15, 0.2) is 66.7 Å². The van der Waals surface area contributed by atoms with E-state index < -0.39 is 0 Å². The average molecular weight is 439 g/mol. The number of fused-ring (bicyclic) bond motifs is 1. The van der Waals surface area contributed by atoms with Crippen LogP contribution in [0.3, 0.4) is 0 Å². The standard InChI is InChI=1S/C29H30N2O2/c1-21-14-16-22(17-15-21)20-31-26-12-6-5-11-25(26)30-28(31)19-18-23-8-7-13-27(32-2)29(23)33-24-9-3-4-10-24/h5-8,11-19,24H,3-4,9-10,20H2,1-2H3. The molecular weight excluding hydrogens is 408 g/mol. The summed E-state index contributed by atoms with van der Waals surface area (Å²) in [5.41, 5.74) is 5.66. The molecule has 0 aliphatic heterocycles. The summed E-state index contributed by atoms with van der Waals surface area (Å²) in [6.45, 7) is 2.88. The van der Waals surface area contributed by atoms with E-state index in [2.05, 4.69) is 72.2 Å². The van der Waals surface area contributed by atoms with Crippen molar-refractivity contribution in [3.63, 3.8) is 0 Å². The Hall–Kier alpha value is -3.53. The number of hydrogen-bond acceptors (Lipinski definition) is 3. The van der Waals surface area contributed by atoms with Crippen molar-refractivity contribution in [3.05, 3.63) is 89.2 Å². The van der Waals surface area contributed by atoms with Crippen molar-refractivity contribution in [2.45, 2.75) is 45.3 Å². The van der Waals surface area contributed by atoms with Crippen LogP contribution < -0.4 is 9.47 Å². The molecule has 1 fully saturated rings. The van der Waals surface area contributed by atoms with Crippen molar-refractivity contribution in [2.24, 2.45) is 0 Å². The van der Waals surface area contributed by atoms with Gasteiger partial charge in [0, 0.05) is 12.1 Å². The Morgan fingerprint density at radius 3 is 2.52 bits per heavy atom. The molecule has 0 saturated heterocycles. The third kappa shape index (κ3) is 4.65. The number of benzene rings is 3. The Kier molecular flexibility index (Phi) is 6.16. The highest BCUT2D eigenvalue weighted by Crippen LogP contribution is 2.36. The van der Waals surface area contributed by atoms with Gasteiger partial charge in [-0.1, -0.05) is 54.1 Å². The fraction of sp³-hybridized carbons (Fsp3) is 0.276. The van der Waals surface area contributed by atoms with Crippen LogP contribution in [0.25, 0.3) is 23.2 Å². The van der Waals surface area contributed by atoms with Crippen LogP contribution in [0, 0.1) is 6.92 Å². The lowest BCUT2D eigenvalue weighted by molar-refractivity contribution is 0.200. The van der Waals surface area contributed by atoms with Gasteiger partial charge in [0.1, 0.15) is 5.82 Å². The zero-order valence-electron chi connectivity index (χ0n) is 19.3. The second-order valence-electron chi connectivity index (χ2n) is 8.77. The van der Waals surface area contributed by atoms with Crippen LogP contribution in [0.2, 0.25) is 0 Å². The minimum absolute atomic E-state index is 0.263. The van der Waals surface area contributed by atoms with Gasteiger partial charge in [-0.2, -0.15) is 0 Å². The second kappa shape index (κ2) is 9.53. The lowest BCUT2D eigenvalue weighted by Crippen LogP contribution is -2.12. The first-order valence-corrected chi connectivity index (χ1v) is 11.7. The predicted molar refractivity (Wildman–Crippen MR) is 135 cm³/mol. The first-order valence-electron chi connectivity index (χ1n) is 11.7. The van der Waals surface area contributed by atoms with E-state index in [4.69, 9.17) is 14.5 Å². The first-order chi connectivity index (χ1) is 16.2. The lowest BCUT2D eigenvalue weighted by atomic mass is 10.1. The predicted octanol–water partition coefficient (Wildman–Crippen LogP) is 6.89. The van der Waals surface area contributed by atoms with Crippen molar-refractivity contribution in [1.29, 1.82) is 0 Å². The quantitative estimate of drug-likeness (QED) is 0.315. The minimum Gasteiger partial charge on any atom is -0.493 e. The topological polar surface area (TPSA) is 36.3 Å². The van der Waals surface area contributed by atoms with Gasteiger partial charge in [-0.05, 0) is 68.5 Å². The second-order valence-corrected chi connectivity index (χ2v) is 8.77. The fourth-order valence-electron chi connectivity index (χ4n) is 4.55. The maximum atomic E-state index is 6.41. The molecule has 33 heavy (non-hydrogen) atoms. The van der Waals surface area contributed by atoms with Gasteiger partial charge in [0.05, 0.1) is 24.2 Å². The van der Waals surface area contributed by atoms with Crippen LogP contribution in [0.1, 0.15) is 48.2 Å². The summed E-state index contributed by atoms with van der Waals surface area (Å²) in [5.74, 6) is 2.52. The number of hydrogen-bond donors (Lipinski definition) is 0. The molecule has 1 aromatic heterocycles. The molecule has 1 aliphatic rings. The highest BCUT2D eigenvalue weighted by molar-refractivity contribution is 5.81. The monoisotopic (exact) mass is 438 g/mol. The summed E-state index contributed by atoms with van der Waals surface area (Å²) in [4.78, 5) is 4.92. The van der Waals surface area contributed by atoms with Crippen LogP contribution in [0.4, 0.5) is 0 Å². The van der Waals surface area contributed by atoms with E-state index in [9.17, 15) is 0 Å². The van der Waals surface area contributed by atoms with Gasteiger partial charge in [-0.15, -0.1) is 0 Å². The number of rotatable bonds is 7. The highest BCUT2D eigenvalue weighted by atomic mass is 16.5. The fourth-order valence-corrected chi connectivity index (χ4v) is 4.55. The molecular formula is C29H30N2O2. The lowest BCUT2D eigenvalue weighted by Gasteiger charge is -2.18. The SMILES string of the molecule is COc1cccc(C=Cc2nc3ccccc3n2Cc2ccc(C)cc2)c1OC1CCCC1. The molecule has 4 nitrogen and oxygen atoms in total. The third-order valence-corrected chi connectivity index (χ3v) is 6.37. The number of imidazole rings is 1. The number of aromatic nitrogens is 2. The summed E-state index contributed by atoms with van der Waals surface area (Å²) in [6, 6.07) is 23.1. The van der Waals surface area contributed by atoms with Crippen molar-refractivity contribution >= 4 is 23.2 Å². The number of methoxy groups -OCH3 is 1. The van der Waals surface area contributed by atoms with Gasteiger partial charge in [-0.25, -0.2) is 4.98 Å². The molecule has 1 aliphatic carbocycles. The Bertz CT molecular complexity index is 1260. The molecule has 0 radical (unpaired) electrons. The summed E-state index contributed by atoms with van der Waals surface area (Å²) in [5, 5.41) is 0. The molecule has 1 heterocycles. The molecule has 5 rings (SSSR count). The molecule has 3 aromatic carbocycles. The zero-order valence-corrected chi connectivity index (χ0v) is 19.3. The van der Waals surface area contributed by atoms with Crippen molar-refractivity contribution in [2.75, 3.05) is 7.11 Å². The molecule has 0 bridgehead atoms. The van der Waals surface area contributed by atoms with E-state index in [0.717, 1.165) is 53.3 Å². The van der Waals surface area contributed by atoms with Crippen LogP contribution in [0.5, 0.6) is 11.5 Å². The highest BCUT2D eigenvalue weighted by Gasteiger charge is 2.20. The summed E-state index contributed by atoms with van der Waals surface area (Å²) in [6.07, 6.45) is 9.12. The van der Waals surface area contributed by atoms with Gasteiger partial charge in [0.25, 0.3) is 0 Å². The molecule has 4 aromatic rings. The summed E-state index contributed by atoms with van der Waals surface area (Å²) >= 11 is 0. The summed E-state index contributed by atoms with van der Waals surface area (Å²) < 4.78 is 14.3. The maximum absolute atomic E-state index is 6.41. The van der Waals surface area contributed by atoms with Crippen LogP contribution in [-0.4, -0.2) is 22.8 Å². The summed E-state index contributed by atoms with van der Waals surface area (Å²) in [7, 11) is 1.70. The van der Waals surface area contributed by atoms with Gasteiger partial charge in [-0.3, -0.25) is 0 Å². The van der Waals surface area contributed by atoms with Crippen LogP contribution in [-0.2, 0) is 6.54 Å². The molecule has 0 N–H and O–H groups in total. The van der Waals surface area contributed by atoms with Crippen molar-refractivity contribution in [1.82, 2.24) is 9.55 Å². The van der Waals surface area contributed by atoms with E-state index in [0.29, 0.717) is 0 Å². The number of nitrogens with zero attached hydrogens (tertiary/aromatic N) is 2. The Balaban J connectivity index is 1.51. The zero-order chi connectivity index (χ0) is 22.6. The largest absolute Gasteiger partial charge is 0.493 e. The van der Waals surface area contributed by atoms with E-state index in [1.165, 1.54) is 24.0 Å². The molecule has 0 spiro atoms. The average Bonchev–Trinajstić information content (AvgIpc) is 3.48. The smallest absolute Gasteiger partial charge is 0.168 e. The van der Waals surface area contributed by atoms with Gasteiger partial charge >= 0.3 is 0 Å². The third-order valence-electron chi connectivity index (χ3n) is 6.37. The Labute approximate surface area is 195 Å². The van der Waals surface area contributed by atoms with E-state index in [1.807, 2.05) is 18.2 Å². The molecule has 0 amide bonds. The molecule has 0 unspecified atom stereocenters. The van der Waals surface area contributed by atoms with E-state index in [-0.39, 0.29) is 6.10 Å². The van der Waals surface area contributed by atoms with Gasteiger partial charge in [0.15, 0.2) is 11.5 Å². The Morgan fingerprint density at radius 2 is 1.73 bits per heavy atom. The number of aryl methyl sites for hydroxylation is 1. The molecule has 168 valence electrons. The van der Waals surface area contributed by atoms with E-state index in [1.54, 1.807) is 7.11 Å². The minimum atomic E-state index is 0.263. The molecule has 4 heteroatoms. The van der Waals surface area contributed by atoms with Crippen molar-refractivity contribution in [3.8, 4) is 11.5 Å². The Morgan fingerprint density at radius 1 is 0.939 bits per heavy atom. The number of para-hydroxylation sites is 3. The maximum Gasteiger partial charge on any atom is 0.168 e. The van der Waals surface area contributed by atoms with Gasteiger partial charge in [0.2, 0.25) is 0 Å². The number of ether oxygens (including phenoxy) is 2. The van der Waals surface area contributed by atoms with Crippen LogP contribution >= 0.6 is 0 Å². The van der Waals surface area contributed by atoms with Gasteiger partial charge < -0.3 is 14.0 Å².